The zero-order valence-corrected chi connectivity index (χ0v) is 8.53. The lowest BCUT2D eigenvalue weighted by Crippen LogP contribution is -2.14. The van der Waals surface area contributed by atoms with Crippen LogP contribution in [0.3, 0.4) is 0 Å². The molecule has 15 heavy (non-hydrogen) atoms. The van der Waals surface area contributed by atoms with Gasteiger partial charge in [-0.1, -0.05) is 18.2 Å². The Kier molecular flexibility index (Phi) is 4.93. The summed E-state index contributed by atoms with van der Waals surface area (Å²) in [5.41, 5.74) is 0.447. The normalized spacial score (nSPS) is 10.3. The molecule has 0 amide bonds. The van der Waals surface area contributed by atoms with Gasteiger partial charge in [0.05, 0.1) is 6.61 Å². The zero-order valence-electron chi connectivity index (χ0n) is 8.53. The molecular weight excluding hydrogens is 199 g/mol. The molecule has 0 saturated carbocycles. The van der Waals surface area contributed by atoms with Crippen molar-refractivity contribution in [2.75, 3.05) is 20.3 Å². The molecule has 0 radical (unpaired) electrons. The summed E-state index contributed by atoms with van der Waals surface area (Å²) >= 11 is 0. The molecule has 0 unspecified atom stereocenters. The molecule has 1 aromatic carbocycles. The fraction of sp³-hybridized carbons (Fsp3) is 0.364. The van der Waals surface area contributed by atoms with Gasteiger partial charge in [-0.25, -0.2) is 4.39 Å². The molecule has 0 N–H and O–H groups in total. The van der Waals surface area contributed by atoms with E-state index in [0.29, 0.717) is 5.56 Å². The fourth-order valence-corrected chi connectivity index (χ4v) is 1.09. The summed E-state index contributed by atoms with van der Waals surface area (Å²) in [6, 6.07) is 6.31. The smallest absolute Gasteiger partial charge is 0.183 e. The van der Waals surface area contributed by atoms with Crippen molar-refractivity contribution in [2.45, 2.75) is 6.61 Å². The number of hydrogen-bond acceptors (Lipinski definition) is 3. The molecule has 1 aromatic rings. The van der Waals surface area contributed by atoms with Gasteiger partial charge in [0.25, 0.3) is 0 Å². The van der Waals surface area contributed by atoms with Crippen molar-refractivity contribution >= 4 is 5.78 Å². The average Bonchev–Trinajstić information content (AvgIpc) is 2.21. The van der Waals surface area contributed by atoms with Crippen LogP contribution in [0.15, 0.2) is 24.3 Å². The van der Waals surface area contributed by atoms with Crippen molar-refractivity contribution in [1.29, 1.82) is 0 Å². The van der Waals surface area contributed by atoms with Crippen LogP contribution >= 0.6 is 0 Å². The number of rotatable bonds is 6. The summed E-state index contributed by atoms with van der Waals surface area (Å²) in [6.07, 6.45) is 0. The average molecular weight is 212 g/mol. The van der Waals surface area contributed by atoms with Gasteiger partial charge in [0.2, 0.25) is 0 Å². The molecule has 0 aromatic heterocycles. The SMILES string of the molecule is COCC(=O)COCc1ccccc1F. The van der Waals surface area contributed by atoms with E-state index in [1.165, 1.54) is 13.2 Å². The van der Waals surface area contributed by atoms with Crippen molar-refractivity contribution in [3.8, 4) is 0 Å². The third-order valence-corrected chi connectivity index (χ3v) is 1.78. The van der Waals surface area contributed by atoms with E-state index >= 15 is 0 Å². The molecule has 0 bridgehead atoms. The maximum absolute atomic E-state index is 13.1. The number of Topliss-reactive ketones (excluding diaryl/α,β-unsaturated/α-hetero) is 1. The maximum atomic E-state index is 13.1. The summed E-state index contributed by atoms with van der Waals surface area (Å²) in [4.78, 5) is 11.0. The summed E-state index contributed by atoms with van der Waals surface area (Å²) < 4.78 is 22.7. The molecule has 0 heterocycles. The molecule has 0 spiro atoms. The predicted octanol–water partition coefficient (Wildman–Crippen LogP) is 1.56. The number of halogens is 1. The van der Waals surface area contributed by atoms with E-state index in [1.807, 2.05) is 0 Å². The molecular formula is C11H13FO3. The first-order valence-electron chi connectivity index (χ1n) is 4.56. The lowest BCUT2D eigenvalue weighted by atomic mass is 10.2. The van der Waals surface area contributed by atoms with Gasteiger partial charge in [0.1, 0.15) is 19.0 Å². The van der Waals surface area contributed by atoms with Crippen molar-refractivity contribution < 1.29 is 18.7 Å². The molecule has 0 atom stereocenters. The predicted molar refractivity (Wildman–Crippen MR) is 52.9 cm³/mol. The van der Waals surface area contributed by atoms with Gasteiger partial charge in [0.15, 0.2) is 5.78 Å². The van der Waals surface area contributed by atoms with Gasteiger partial charge in [-0.05, 0) is 6.07 Å². The highest BCUT2D eigenvalue weighted by atomic mass is 19.1. The van der Waals surface area contributed by atoms with Crippen LogP contribution in [0, 0.1) is 5.82 Å². The van der Waals surface area contributed by atoms with E-state index in [0.717, 1.165) is 0 Å². The summed E-state index contributed by atoms with van der Waals surface area (Å²) in [7, 11) is 1.44. The number of methoxy groups -OCH3 is 1. The topological polar surface area (TPSA) is 35.5 Å². The van der Waals surface area contributed by atoms with Crippen LogP contribution in [0.25, 0.3) is 0 Å². The van der Waals surface area contributed by atoms with Crippen molar-refractivity contribution in [2.24, 2.45) is 0 Å². The van der Waals surface area contributed by atoms with Gasteiger partial charge in [-0.15, -0.1) is 0 Å². The Labute approximate surface area is 87.8 Å². The Morgan fingerprint density at radius 1 is 1.33 bits per heavy atom. The third kappa shape index (κ3) is 4.18. The summed E-state index contributed by atoms with van der Waals surface area (Å²) in [5, 5.41) is 0. The van der Waals surface area contributed by atoms with E-state index in [1.54, 1.807) is 18.2 Å². The minimum Gasteiger partial charge on any atom is -0.377 e. The van der Waals surface area contributed by atoms with Crippen LogP contribution in [0.5, 0.6) is 0 Å². The fourth-order valence-electron chi connectivity index (χ4n) is 1.09. The number of benzene rings is 1. The first-order chi connectivity index (χ1) is 7.24. The van der Waals surface area contributed by atoms with Gasteiger partial charge < -0.3 is 9.47 Å². The van der Waals surface area contributed by atoms with Crippen molar-refractivity contribution in [1.82, 2.24) is 0 Å². The van der Waals surface area contributed by atoms with E-state index in [9.17, 15) is 9.18 Å². The van der Waals surface area contributed by atoms with E-state index in [2.05, 4.69) is 4.74 Å². The Morgan fingerprint density at radius 3 is 2.73 bits per heavy atom. The second-order valence-electron chi connectivity index (χ2n) is 3.06. The molecule has 1 rings (SSSR count). The van der Waals surface area contributed by atoms with E-state index in [4.69, 9.17) is 4.74 Å². The lowest BCUT2D eigenvalue weighted by Gasteiger charge is -2.04. The standard InChI is InChI=1S/C11H13FO3/c1-14-7-10(13)8-15-6-9-4-2-3-5-11(9)12/h2-5H,6-8H2,1H3. The zero-order chi connectivity index (χ0) is 11.1. The van der Waals surface area contributed by atoms with Gasteiger partial charge >= 0.3 is 0 Å². The first-order valence-corrected chi connectivity index (χ1v) is 4.56. The monoisotopic (exact) mass is 212 g/mol. The number of carbonyl (C=O) groups excluding carboxylic acids is 1. The Morgan fingerprint density at radius 2 is 2.07 bits per heavy atom. The molecule has 82 valence electrons. The number of ether oxygens (including phenoxy) is 2. The largest absolute Gasteiger partial charge is 0.377 e. The van der Waals surface area contributed by atoms with E-state index in [-0.39, 0.29) is 31.4 Å². The summed E-state index contributed by atoms with van der Waals surface area (Å²) in [5.74, 6) is -0.481. The third-order valence-electron chi connectivity index (χ3n) is 1.78. The van der Waals surface area contributed by atoms with E-state index < -0.39 is 0 Å². The van der Waals surface area contributed by atoms with Gasteiger partial charge in [-0.2, -0.15) is 0 Å². The highest BCUT2D eigenvalue weighted by molar-refractivity contribution is 5.80. The van der Waals surface area contributed by atoms with Crippen LogP contribution in [-0.2, 0) is 20.9 Å². The molecule has 4 heteroatoms. The molecule has 0 aliphatic carbocycles. The Hall–Kier alpha value is -1.26. The van der Waals surface area contributed by atoms with Crippen LogP contribution < -0.4 is 0 Å². The van der Waals surface area contributed by atoms with Crippen LogP contribution in [-0.4, -0.2) is 26.1 Å². The lowest BCUT2D eigenvalue weighted by molar-refractivity contribution is -0.127. The van der Waals surface area contributed by atoms with Crippen molar-refractivity contribution in [3.05, 3.63) is 35.6 Å². The molecule has 0 fully saturated rings. The minimum atomic E-state index is -0.323. The highest BCUT2D eigenvalue weighted by Gasteiger charge is 2.03. The van der Waals surface area contributed by atoms with Gasteiger partial charge in [-0.3, -0.25) is 4.79 Å². The highest BCUT2D eigenvalue weighted by Crippen LogP contribution is 2.07. The second kappa shape index (κ2) is 6.27. The number of ketones is 1. The number of carbonyl (C=O) groups is 1. The second-order valence-corrected chi connectivity index (χ2v) is 3.06. The van der Waals surface area contributed by atoms with Crippen molar-refractivity contribution in [3.63, 3.8) is 0 Å². The van der Waals surface area contributed by atoms with Crippen LogP contribution in [0.4, 0.5) is 4.39 Å². The first kappa shape index (κ1) is 11.8. The molecule has 3 nitrogen and oxygen atoms in total. The molecule has 0 aliphatic heterocycles. The Balaban J connectivity index is 2.32. The quantitative estimate of drug-likeness (QED) is 0.717. The number of hydrogen-bond donors (Lipinski definition) is 0. The van der Waals surface area contributed by atoms with Crippen LogP contribution in [0.2, 0.25) is 0 Å². The van der Waals surface area contributed by atoms with Gasteiger partial charge in [0, 0.05) is 12.7 Å². The molecule has 0 saturated heterocycles. The Bertz CT molecular complexity index is 325. The van der Waals surface area contributed by atoms with Crippen LogP contribution in [0.1, 0.15) is 5.56 Å². The molecule has 0 aliphatic rings. The summed E-state index contributed by atoms with van der Waals surface area (Å²) in [6.45, 7) is 0.0710. The minimum absolute atomic E-state index is 0.0251. The maximum Gasteiger partial charge on any atom is 0.183 e.